The Bertz CT molecular complexity index is 821. The number of aromatic nitrogens is 1. The van der Waals surface area contributed by atoms with Crippen molar-refractivity contribution >= 4 is 17.3 Å². The quantitative estimate of drug-likeness (QED) is 0.523. The number of benzene rings is 1. The van der Waals surface area contributed by atoms with Gasteiger partial charge in [0.15, 0.2) is 0 Å². The van der Waals surface area contributed by atoms with Crippen LogP contribution >= 0.6 is 0 Å². The minimum absolute atomic E-state index is 0.214. The number of nitrogens with zero attached hydrogens (tertiary/aromatic N) is 2. The second-order valence-electron chi connectivity index (χ2n) is 4.70. The smallest absolute Gasteiger partial charge is 0.319 e. The van der Waals surface area contributed by atoms with Crippen LogP contribution < -0.4 is 5.32 Å². The molecule has 10 heteroatoms. The Morgan fingerprint density at radius 3 is 2.46 bits per heavy atom. The first-order valence-electron chi connectivity index (χ1n) is 6.39. The van der Waals surface area contributed by atoms with Gasteiger partial charge in [0, 0.05) is 12.1 Å². The van der Waals surface area contributed by atoms with Crippen molar-refractivity contribution in [2.75, 3.05) is 5.32 Å². The van der Waals surface area contributed by atoms with Crippen LogP contribution in [-0.4, -0.2) is 15.8 Å². The highest BCUT2D eigenvalue weighted by Crippen LogP contribution is 2.28. The summed E-state index contributed by atoms with van der Waals surface area (Å²) >= 11 is 0. The van der Waals surface area contributed by atoms with Crippen LogP contribution in [-0.2, 0) is 6.18 Å². The maximum Gasteiger partial charge on any atom is 0.433 e. The standard InChI is InChI=1S/C14H9F4N3O3/c1-7-9(3-5-12(19-7)14(16,17)18)13(22)20-11-6-8(21(23)24)2-4-10(11)15/h2-6H,1H3,(H,20,22). The van der Waals surface area contributed by atoms with Gasteiger partial charge in [-0.15, -0.1) is 0 Å². The lowest BCUT2D eigenvalue weighted by molar-refractivity contribution is -0.384. The molecule has 0 aliphatic rings. The number of nitrogens with one attached hydrogen (secondary N) is 1. The molecule has 0 aliphatic carbocycles. The summed E-state index contributed by atoms with van der Waals surface area (Å²) in [6.07, 6.45) is -4.66. The molecule has 2 rings (SSSR count). The topological polar surface area (TPSA) is 85.1 Å². The van der Waals surface area contributed by atoms with Crippen molar-refractivity contribution in [3.63, 3.8) is 0 Å². The summed E-state index contributed by atoms with van der Waals surface area (Å²) in [7, 11) is 0. The van der Waals surface area contributed by atoms with E-state index in [-0.39, 0.29) is 11.3 Å². The lowest BCUT2D eigenvalue weighted by Gasteiger charge is -2.11. The van der Waals surface area contributed by atoms with Gasteiger partial charge in [-0.25, -0.2) is 9.37 Å². The zero-order valence-corrected chi connectivity index (χ0v) is 12.0. The number of aryl methyl sites for hydroxylation is 1. The summed E-state index contributed by atoms with van der Waals surface area (Å²) < 4.78 is 51.3. The molecule has 1 amide bonds. The zero-order valence-electron chi connectivity index (χ0n) is 12.0. The number of nitro groups is 1. The number of alkyl halides is 3. The fourth-order valence-electron chi connectivity index (χ4n) is 1.87. The predicted octanol–water partition coefficient (Wildman–Crippen LogP) is 3.71. The maximum atomic E-state index is 13.6. The second kappa shape index (κ2) is 6.22. The molecule has 0 unspecified atom stereocenters. The number of hydrogen-bond donors (Lipinski definition) is 1. The molecule has 0 saturated carbocycles. The largest absolute Gasteiger partial charge is 0.433 e. The van der Waals surface area contributed by atoms with Crippen LogP contribution in [0, 0.1) is 22.9 Å². The highest BCUT2D eigenvalue weighted by atomic mass is 19.4. The highest BCUT2D eigenvalue weighted by Gasteiger charge is 2.33. The zero-order chi connectivity index (χ0) is 18.1. The van der Waals surface area contributed by atoms with Crippen LogP contribution in [0.5, 0.6) is 0 Å². The Hall–Kier alpha value is -3.04. The molecule has 6 nitrogen and oxygen atoms in total. The molecule has 1 N–H and O–H groups in total. The maximum absolute atomic E-state index is 13.6. The van der Waals surface area contributed by atoms with Crippen molar-refractivity contribution in [2.45, 2.75) is 13.1 Å². The number of hydrogen-bond acceptors (Lipinski definition) is 4. The van der Waals surface area contributed by atoms with Gasteiger partial charge in [-0.05, 0) is 25.1 Å². The van der Waals surface area contributed by atoms with Crippen molar-refractivity contribution < 1.29 is 27.3 Å². The van der Waals surface area contributed by atoms with E-state index < -0.39 is 39.9 Å². The number of halogens is 4. The normalized spacial score (nSPS) is 11.2. The third-order valence-corrected chi connectivity index (χ3v) is 3.03. The van der Waals surface area contributed by atoms with Crippen molar-refractivity contribution in [1.82, 2.24) is 4.98 Å². The predicted molar refractivity (Wildman–Crippen MR) is 75.0 cm³/mol. The van der Waals surface area contributed by atoms with Gasteiger partial charge in [-0.1, -0.05) is 0 Å². The van der Waals surface area contributed by atoms with Gasteiger partial charge in [-0.3, -0.25) is 14.9 Å². The Kier molecular flexibility index (Phi) is 4.49. The van der Waals surface area contributed by atoms with E-state index in [0.717, 1.165) is 24.3 Å². The first-order chi connectivity index (χ1) is 11.1. The molecule has 1 aromatic heterocycles. The molecule has 0 aliphatic heterocycles. The minimum atomic E-state index is -4.66. The van der Waals surface area contributed by atoms with Gasteiger partial charge in [0.25, 0.3) is 11.6 Å². The number of non-ortho nitro benzene ring substituents is 1. The lowest BCUT2D eigenvalue weighted by atomic mass is 10.1. The molecule has 0 atom stereocenters. The van der Waals surface area contributed by atoms with Gasteiger partial charge in [0.1, 0.15) is 11.5 Å². The van der Waals surface area contributed by atoms with E-state index in [1.165, 1.54) is 6.92 Å². The summed E-state index contributed by atoms with van der Waals surface area (Å²) in [5, 5.41) is 12.7. The number of anilines is 1. The highest BCUT2D eigenvalue weighted by molar-refractivity contribution is 6.05. The van der Waals surface area contributed by atoms with Crippen molar-refractivity contribution in [3.8, 4) is 0 Å². The third kappa shape index (κ3) is 3.65. The lowest BCUT2D eigenvalue weighted by Crippen LogP contribution is -2.17. The van der Waals surface area contributed by atoms with Gasteiger partial charge >= 0.3 is 6.18 Å². The van der Waals surface area contributed by atoms with Crippen molar-refractivity contribution in [2.24, 2.45) is 0 Å². The molecule has 24 heavy (non-hydrogen) atoms. The van der Waals surface area contributed by atoms with E-state index in [0.29, 0.717) is 6.07 Å². The minimum Gasteiger partial charge on any atom is -0.319 e. The molecule has 0 radical (unpaired) electrons. The summed E-state index contributed by atoms with van der Waals surface area (Å²) in [4.78, 5) is 25.2. The summed E-state index contributed by atoms with van der Waals surface area (Å²) in [6, 6.07) is 4.03. The molecule has 0 saturated heterocycles. The first kappa shape index (κ1) is 17.3. The monoisotopic (exact) mass is 343 g/mol. The summed E-state index contributed by atoms with van der Waals surface area (Å²) in [6.45, 7) is 1.19. The van der Waals surface area contributed by atoms with Gasteiger partial charge < -0.3 is 5.32 Å². The third-order valence-electron chi connectivity index (χ3n) is 3.03. The molecular weight excluding hydrogens is 334 g/mol. The first-order valence-corrected chi connectivity index (χ1v) is 6.39. The Balaban J connectivity index is 2.31. The van der Waals surface area contributed by atoms with E-state index in [1.807, 2.05) is 0 Å². The second-order valence-corrected chi connectivity index (χ2v) is 4.70. The van der Waals surface area contributed by atoms with Crippen LogP contribution in [0.3, 0.4) is 0 Å². The Morgan fingerprint density at radius 2 is 1.92 bits per heavy atom. The number of pyridine rings is 1. The van der Waals surface area contributed by atoms with E-state index in [2.05, 4.69) is 10.3 Å². The van der Waals surface area contributed by atoms with Crippen LogP contribution in [0.25, 0.3) is 0 Å². The molecular formula is C14H9F4N3O3. The van der Waals surface area contributed by atoms with Crippen LogP contribution in [0.2, 0.25) is 0 Å². The van der Waals surface area contributed by atoms with Gasteiger partial charge in [-0.2, -0.15) is 13.2 Å². The van der Waals surface area contributed by atoms with Gasteiger partial charge in [0.05, 0.1) is 21.9 Å². The summed E-state index contributed by atoms with van der Waals surface area (Å²) in [5.74, 6) is -1.86. The molecule has 0 bridgehead atoms. The molecule has 1 heterocycles. The fraction of sp³-hybridized carbons (Fsp3) is 0.143. The average Bonchev–Trinajstić information content (AvgIpc) is 2.48. The van der Waals surface area contributed by atoms with Crippen molar-refractivity contribution in [3.05, 3.63) is 63.2 Å². The van der Waals surface area contributed by atoms with E-state index in [1.54, 1.807) is 0 Å². The molecule has 1 aromatic carbocycles. The molecule has 0 fully saturated rings. The Morgan fingerprint density at radius 1 is 1.25 bits per heavy atom. The van der Waals surface area contributed by atoms with Gasteiger partial charge in [0.2, 0.25) is 0 Å². The Labute approximate surface area is 132 Å². The van der Waals surface area contributed by atoms with E-state index in [4.69, 9.17) is 0 Å². The molecule has 2 aromatic rings. The number of carbonyl (C=O) groups excluding carboxylic acids is 1. The number of amides is 1. The number of nitro benzene ring substituents is 1. The SMILES string of the molecule is Cc1nc(C(F)(F)F)ccc1C(=O)Nc1cc([N+](=O)[O-])ccc1F. The van der Waals surface area contributed by atoms with Crippen molar-refractivity contribution in [1.29, 1.82) is 0 Å². The molecule has 0 spiro atoms. The average molecular weight is 343 g/mol. The summed E-state index contributed by atoms with van der Waals surface area (Å²) in [5.41, 5.74) is -2.51. The van der Waals surface area contributed by atoms with E-state index >= 15 is 0 Å². The van der Waals surface area contributed by atoms with Crippen LogP contribution in [0.15, 0.2) is 30.3 Å². The molecule has 126 valence electrons. The van der Waals surface area contributed by atoms with Crippen LogP contribution in [0.1, 0.15) is 21.7 Å². The fourth-order valence-corrected chi connectivity index (χ4v) is 1.87. The van der Waals surface area contributed by atoms with Crippen LogP contribution in [0.4, 0.5) is 28.9 Å². The number of rotatable bonds is 3. The van der Waals surface area contributed by atoms with E-state index in [9.17, 15) is 32.5 Å². The number of carbonyl (C=O) groups is 1.